The second kappa shape index (κ2) is 4.76. The van der Waals surface area contributed by atoms with Gasteiger partial charge in [-0.25, -0.2) is 0 Å². The number of pyridine rings is 1. The van der Waals surface area contributed by atoms with Crippen molar-refractivity contribution in [2.45, 2.75) is 6.54 Å². The van der Waals surface area contributed by atoms with Gasteiger partial charge in [-0.2, -0.15) is 5.10 Å². The summed E-state index contributed by atoms with van der Waals surface area (Å²) in [5, 5.41) is 7.94. The minimum atomic E-state index is -0.0979. The van der Waals surface area contributed by atoms with Crippen LogP contribution in [-0.4, -0.2) is 14.8 Å². The van der Waals surface area contributed by atoms with Crippen molar-refractivity contribution >= 4 is 27.5 Å². The molecule has 4 nitrogen and oxygen atoms in total. The van der Waals surface area contributed by atoms with Gasteiger partial charge in [0.2, 0.25) is 0 Å². The number of halogens is 2. The molecule has 0 unspecified atom stereocenters. The van der Waals surface area contributed by atoms with Crippen molar-refractivity contribution in [1.82, 2.24) is 14.8 Å². The molecule has 2 rings (SSSR count). The monoisotopic (exact) mass is 299 g/mol. The van der Waals surface area contributed by atoms with E-state index < -0.39 is 0 Å². The summed E-state index contributed by atoms with van der Waals surface area (Å²) in [6, 6.07) is 6.87. The van der Waals surface area contributed by atoms with Crippen LogP contribution < -0.4 is 5.56 Å². The molecule has 0 atom stereocenters. The number of rotatable bonds is 2. The zero-order chi connectivity index (χ0) is 11.5. The largest absolute Gasteiger partial charge is 0.308 e. The second-order valence-corrected chi connectivity index (χ2v) is 4.38. The van der Waals surface area contributed by atoms with E-state index in [1.54, 1.807) is 35.0 Å². The maximum atomic E-state index is 11.7. The number of aromatic nitrogens is 3. The Labute approximate surface area is 105 Å². The third-order valence-corrected chi connectivity index (χ3v) is 2.80. The Morgan fingerprint density at radius 2 is 2.12 bits per heavy atom. The fourth-order valence-electron chi connectivity index (χ4n) is 1.23. The topological polar surface area (TPSA) is 47.8 Å². The van der Waals surface area contributed by atoms with Crippen molar-refractivity contribution in [3.63, 3.8) is 0 Å². The molecule has 0 radical (unpaired) electrons. The highest BCUT2D eigenvalue weighted by molar-refractivity contribution is 9.10. The summed E-state index contributed by atoms with van der Waals surface area (Å²) in [6.45, 7) is 0.377. The minimum Gasteiger partial charge on any atom is -0.308 e. The van der Waals surface area contributed by atoms with E-state index in [0.717, 1.165) is 0 Å². The van der Waals surface area contributed by atoms with Crippen molar-refractivity contribution < 1.29 is 0 Å². The van der Waals surface area contributed by atoms with Crippen LogP contribution in [-0.2, 0) is 6.54 Å². The molecular weight excluding hydrogens is 293 g/mol. The molecule has 0 bridgehead atoms. The SMILES string of the molecule is O=c1c(Br)cccn1Cc1ccc(Cl)nn1. The maximum Gasteiger partial charge on any atom is 0.265 e. The molecule has 0 aliphatic carbocycles. The Kier molecular flexibility index (Phi) is 3.36. The molecule has 2 aromatic rings. The first-order chi connectivity index (χ1) is 7.66. The molecule has 0 saturated carbocycles. The smallest absolute Gasteiger partial charge is 0.265 e. The van der Waals surface area contributed by atoms with Crippen LogP contribution in [0.5, 0.6) is 0 Å². The lowest BCUT2D eigenvalue weighted by atomic mass is 10.3. The molecule has 0 saturated heterocycles. The summed E-state index contributed by atoms with van der Waals surface area (Å²) in [6.07, 6.45) is 1.70. The maximum absolute atomic E-state index is 11.7. The van der Waals surface area contributed by atoms with Gasteiger partial charge < -0.3 is 4.57 Å². The molecule has 2 aromatic heterocycles. The summed E-state index contributed by atoms with van der Waals surface area (Å²) in [5.41, 5.74) is 0.587. The van der Waals surface area contributed by atoms with Gasteiger partial charge in [0.15, 0.2) is 5.15 Å². The molecule has 6 heteroatoms. The van der Waals surface area contributed by atoms with Gasteiger partial charge in [0.1, 0.15) is 0 Å². The Bertz CT molecular complexity index is 553. The Hall–Kier alpha value is -1.20. The van der Waals surface area contributed by atoms with Crippen LogP contribution in [0.1, 0.15) is 5.69 Å². The molecule has 0 aromatic carbocycles. The molecule has 0 amide bonds. The predicted molar refractivity (Wildman–Crippen MR) is 64.5 cm³/mol. The Morgan fingerprint density at radius 1 is 1.31 bits per heavy atom. The third kappa shape index (κ3) is 2.48. The first kappa shape index (κ1) is 11.3. The zero-order valence-corrected chi connectivity index (χ0v) is 10.4. The predicted octanol–water partition coefficient (Wildman–Crippen LogP) is 2.10. The summed E-state index contributed by atoms with van der Waals surface area (Å²) in [5.74, 6) is 0. The van der Waals surface area contributed by atoms with Crippen LogP contribution in [0.15, 0.2) is 39.7 Å². The third-order valence-electron chi connectivity index (χ3n) is 1.99. The number of hydrogen-bond donors (Lipinski definition) is 0. The lowest BCUT2D eigenvalue weighted by Crippen LogP contribution is -2.20. The van der Waals surface area contributed by atoms with E-state index in [-0.39, 0.29) is 5.56 Å². The molecule has 0 aliphatic heterocycles. The van der Waals surface area contributed by atoms with E-state index in [0.29, 0.717) is 21.9 Å². The van der Waals surface area contributed by atoms with Gasteiger partial charge in [-0.1, -0.05) is 11.6 Å². The van der Waals surface area contributed by atoms with Crippen LogP contribution in [0.3, 0.4) is 0 Å². The van der Waals surface area contributed by atoms with Gasteiger partial charge >= 0.3 is 0 Å². The summed E-state index contributed by atoms with van der Waals surface area (Å²) < 4.78 is 2.07. The zero-order valence-electron chi connectivity index (χ0n) is 8.10. The molecule has 0 fully saturated rings. The van der Waals surface area contributed by atoms with E-state index in [4.69, 9.17) is 11.6 Å². The van der Waals surface area contributed by atoms with Crippen molar-refractivity contribution in [2.75, 3.05) is 0 Å². The number of hydrogen-bond acceptors (Lipinski definition) is 3. The fourth-order valence-corrected chi connectivity index (χ4v) is 1.72. The van der Waals surface area contributed by atoms with Gasteiger partial charge in [0.05, 0.1) is 16.7 Å². The second-order valence-electron chi connectivity index (χ2n) is 3.14. The van der Waals surface area contributed by atoms with Gasteiger partial charge in [-0.05, 0) is 40.2 Å². The van der Waals surface area contributed by atoms with Crippen molar-refractivity contribution in [2.24, 2.45) is 0 Å². The van der Waals surface area contributed by atoms with Crippen molar-refractivity contribution in [3.05, 3.63) is 56.1 Å². The highest BCUT2D eigenvalue weighted by atomic mass is 79.9. The Morgan fingerprint density at radius 3 is 2.81 bits per heavy atom. The highest BCUT2D eigenvalue weighted by Crippen LogP contribution is 2.05. The molecular formula is C10H7BrClN3O. The van der Waals surface area contributed by atoms with Crippen LogP contribution in [0.25, 0.3) is 0 Å². The van der Waals surface area contributed by atoms with E-state index >= 15 is 0 Å². The van der Waals surface area contributed by atoms with Crippen LogP contribution in [0.4, 0.5) is 0 Å². The lowest BCUT2D eigenvalue weighted by Gasteiger charge is -2.04. The number of nitrogens with zero attached hydrogens (tertiary/aromatic N) is 3. The van der Waals surface area contributed by atoms with Crippen LogP contribution in [0, 0.1) is 0 Å². The van der Waals surface area contributed by atoms with Crippen molar-refractivity contribution in [1.29, 1.82) is 0 Å². The van der Waals surface area contributed by atoms with E-state index in [1.807, 2.05) is 0 Å². The lowest BCUT2D eigenvalue weighted by molar-refractivity contribution is 0.720. The Balaban J connectivity index is 2.31. The molecule has 0 N–H and O–H groups in total. The molecule has 0 spiro atoms. The molecule has 16 heavy (non-hydrogen) atoms. The van der Waals surface area contributed by atoms with Crippen LogP contribution in [0.2, 0.25) is 5.15 Å². The summed E-state index contributed by atoms with van der Waals surface area (Å²) in [4.78, 5) is 11.7. The normalized spacial score (nSPS) is 10.4. The standard InChI is InChI=1S/C10H7BrClN3O/c11-8-2-1-5-15(10(8)16)6-7-3-4-9(12)14-13-7/h1-5H,6H2. The van der Waals surface area contributed by atoms with Gasteiger partial charge in [0.25, 0.3) is 5.56 Å². The highest BCUT2D eigenvalue weighted by Gasteiger charge is 2.02. The van der Waals surface area contributed by atoms with E-state index in [2.05, 4.69) is 26.1 Å². The summed E-state index contributed by atoms with van der Waals surface area (Å²) >= 11 is 8.80. The van der Waals surface area contributed by atoms with Gasteiger partial charge in [-0.3, -0.25) is 4.79 Å². The summed E-state index contributed by atoms with van der Waals surface area (Å²) in [7, 11) is 0. The van der Waals surface area contributed by atoms with Gasteiger partial charge in [0, 0.05) is 6.20 Å². The average Bonchev–Trinajstić information content (AvgIpc) is 2.28. The average molecular weight is 301 g/mol. The molecule has 2 heterocycles. The fraction of sp³-hybridized carbons (Fsp3) is 0.100. The van der Waals surface area contributed by atoms with Crippen LogP contribution >= 0.6 is 27.5 Å². The molecule has 0 aliphatic rings. The first-order valence-electron chi connectivity index (χ1n) is 4.50. The first-order valence-corrected chi connectivity index (χ1v) is 5.67. The van der Waals surface area contributed by atoms with E-state index in [1.165, 1.54) is 0 Å². The van der Waals surface area contributed by atoms with Crippen molar-refractivity contribution in [3.8, 4) is 0 Å². The minimum absolute atomic E-state index is 0.0979. The van der Waals surface area contributed by atoms with Gasteiger partial charge in [-0.15, -0.1) is 5.10 Å². The van der Waals surface area contributed by atoms with E-state index in [9.17, 15) is 4.79 Å². The quantitative estimate of drug-likeness (QED) is 0.853. The molecule has 82 valence electrons.